The molecule has 0 amide bonds. The lowest BCUT2D eigenvalue weighted by molar-refractivity contribution is 0.0542. The molecule has 3 unspecified atom stereocenters. The maximum atomic E-state index is 9.38. The summed E-state index contributed by atoms with van der Waals surface area (Å²) in [5.74, 6) is 0. The molecule has 0 heterocycles. The second-order valence-electron chi connectivity index (χ2n) is 4.76. The molecule has 4 heteroatoms. The summed E-state index contributed by atoms with van der Waals surface area (Å²) in [6.45, 7) is 7.82. The molecule has 0 spiro atoms. The lowest BCUT2D eigenvalue weighted by Gasteiger charge is -2.32. The first kappa shape index (κ1) is 14.8. The summed E-state index contributed by atoms with van der Waals surface area (Å²) >= 11 is 0. The van der Waals surface area contributed by atoms with Gasteiger partial charge in [0.25, 0.3) is 0 Å². The highest BCUT2D eigenvalue weighted by atomic mass is 16.3. The van der Waals surface area contributed by atoms with Crippen LogP contribution in [0.1, 0.15) is 20.8 Å². The van der Waals surface area contributed by atoms with Crippen LogP contribution in [-0.4, -0.2) is 72.0 Å². The highest BCUT2D eigenvalue weighted by molar-refractivity contribution is 4.73. The summed E-state index contributed by atoms with van der Waals surface area (Å²) in [5.41, 5.74) is 0. The zero-order valence-corrected chi connectivity index (χ0v) is 10.6. The highest BCUT2D eigenvalue weighted by Crippen LogP contribution is 2.03. The van der Waals surface area contributed by atoms with Gasteiger partial charge in [-0.15, -0.1) is 0 Å². The van der Waals surface area contributed by atoms with Crippen molar-refractivity contribution < 1.29 is 10.2 Å². The smallest absolute Gasteiger partial charge is 0.0639 e. The van der Waals surface area contributed by atoms with E-state index < -0.39 is 0 Å². The average molecular weight is 218 g/mol. The molecule has 0 saturated heterocycles. The van der Waals surface area contributed by atoms with Gasteiger partial charge in [-0.1, -0.05) is 0 Å². The van der Waals surface area contributed by atoms with Crippen molar-refractivity contribution in [2.45, 2.75) is 39.0 Å². The van der Waals surface area contributed by atoms with Crippen LogP contribution < -0.4 is 0 Å². The van der Waals surface area contributed by atoms with E-state index in [2.05, 4.69) is 16.7 Å². The minimum absolute atomic E-state index is 0.337. The molecule has 3 atom stereocenters. The summed E-state index contributed by atoms with van der Waals surface area (Å²) in [4.78, 5) is 4.23. The van der Waals surface area contributed by atoms with E-state index in [-0.39, 0.29) is 12.2 Å². The number of aliphatic hydroxyl groups excluding tert-OH is 2. The zero-order valence-electron chi connectivity index (χ0n) is 10.6. The van der Waals surface area contributed by atoms with Gasteiger partial charge in [-0.25, -0.2) is 0 Å². The topological polar surface area (TPSA) is 46.9 Å². The quantitative estimate of drug-likeness (QED) is 0.631. The Morgan fingerprint density at radius 2 is 1.27 bits per heavy atom. The number of hydrogen-bond donors (Lipinski definition) is 2. The maximum Gasteiger partial charge on any atom is 0.0639 e. The molecule has 0 rings (SSSR count). The molecule has 0 bridgehead atoms. The van der Waals surface area contributed by atoms with Crippen LogP contribution in [0.4, 0.5) is 0 Å². The van der Waals surface area contributed by atoms with Gasteiger partial charge in [0.05, 0.1) is 12.2 Å². The van der Waals surface area contributed by atoms with E-state index in [0.29, 0.717) is 19.1 Å². The second kappa shape index (κ2) is 7.17. The third-order valence-corrected chi connectivity index (χ3v) is 2.25. The molecule has 0 saturated carbocycles. The predicted octanol–water partition coefficient (Wildman–Crippen LogP) is 0.000100. The van der Waals surface area contributed by atoms with Gasteiger partial charge in [-0.3, -0.25) is 4.90 Å². The van der Waals surface area contributed by atoms with Gasteiger partial charge < -0.3 is 15.1 Å². The van der Waals surface area contributed by atoms with Crippen molar-refractivity contribution in [1.29, 1.82) is 0 Å². The molecular formula is C11H26N2O2. The first-order valence-corrected chi connectivity index (χ1v) is 5.57. The predicted molar refractivity (Wildman–Crippen MR) is 63.0 cm³/mol. The molecule has 2 N–H and O–H groups in total. The molecule has 0 aromatic heterocycles. The number of nitrogens with zero attached hydrogens (tertiary/aromatic N) is 2. The molecular weight excluding hydrogens is 192 g/mol. The molecule has 0 aliphatic rings. The van der Waals surface area contributed by atoms with Crippen molar-refractivity contribution in [3.8, 4) is 0 Å². The molecule has 0 fully saturated rings. The van der Waals surface area contributed by atoms with E-state index >= 15 is 0 Å². The summed E-state index contributed by atoms with van der Waals surface area (Å²) in [7, 11) is 4.05. The fraction of sp³-hybridized carbons (Fsp3) is 1.00. The SMILES string of the molecule is CC(O)CN(CC(C)O)C(C)CN(C)C. The molecule has 15 heavy (non-hydrogen) atoms. The van der Waals surface area contributed by atoms with E-state index in [9.17, 15) is 10.2 Å². The Morgan fingerprint density at radius 3 is 1.53 bits per heavy atom. The molecule has 0 aliphatic carbocycles. The van der Waals surface area contributed by atoms with Crippen molar-refractivity contribution in [3.63, 3.8) is 0 Å². The van der Waals surface area contributed by atoms with Gasteiger partial charge in [0.1, 0.15) is 0 Å². The van der Waals surface area contributed by atoms with Gasteiger partial charge in [-0.2, -0.15) is 0 Å². The van der Waals surface area contributed by atoms with Crippen molar-refractivity contribution >= 4 is 0 Å². The Morgan fingerprint density at radius 1 is 0.867 bits per heavy atom. The average Bonchev–Trinajstić information content (AvgIpc) is 1.99. The minimum atomic E-state index is -0.353. The van der Waals surface area contributed by atoms with E-state index in [1.807, 2.05) is 14.1 Å². The molecule has 92 valence electrons. The molecule has 0 aromatic rings. The lowest BCUT2D eigenvalue weighted by Crippen LogP contribution is -2.46. The summed E-state index contributed by atoms with van der Waals surface area (Å²) in [6.07, 6.45) is -0.707. The van der Waals surface area contributed by atoms with Crippen molar-refractivity contribution in [2.24, 2.45) is 0 Å². The largest absolute Gasteiger partial charge is 0.392 e. The Bertz CT molecular complexity index is 151. The zero-order chi connectivity index (χ0) is 12.0. The number of likely N-dealkylation sites (N-methyl/N-ethyl adjacent to an activating group) is 1. The highest BCUT2D eigenvalue weighted by Gasteiger charge is 2.17. The third-order valence-electron chi connectivity index (χ3n) is 2.25. The van der Waals surface area contributed by atoms with Crippen molar-refractivity contribution in [2.75, 3.05) is 33.7 Å². The lowest BCUT2D eigenvalue weighted by atomic mass is 10.2. The van der Waals surface area contributed by atoms with Crippen LogP contribution in [-0.2, 0) is 0 Å². The number of aliphatic hydroxyl groups is 2. The Hall–Kier alpha value is -0.160. The van der Waals surface area contributed by atoms with Crippen LogP contribution in [0.25, 0.3) is 0 Å². The van der Waals surface area contributed by atoms with Crippen molar-refractivity contribution in [3.05, 3.63) is 0 Å². The first-order valence-electron chi connectivity index (χ1n) is 5.57. The van der Waals surface area contributed by atoms with Gasteiger partial charge in [-0.05, 0) is 34.9 Å². The standard InChI is InChI=1S/C11H26N2O2/c1-9(6-12(4)5)13(7-10(2)14)8-11(3)15/h9-11,14-15H,6-8H2,1-5H3. The first-order chi connectivity index (χ1) is 6.82. The third kappa shape index (κ3) is 7.73. The Labute approximate surface area is 93.5 Å². The summed E-state index contributed by atoms with van der Waals surface area (Å²) in [5, 5.41) is 18.8. The number of hydrogen-bond acceptors (Lipinski definition) is 4. The fourth-order valence-corrected chi connectivity index (χ4v) is 1.76. The van der Waals surface area contributed by atoms with E-state index in [0.717, 1.165) is 6.54 Å². The molecule has 0 aliphatic heterocycles. The van der Waals surface area contributed by atoms with E-state index in [4.69, 9.17) is 0 Å². The maximum absolute atomic E-state index is 9.38. The number of rotatable bonds is 7. The van der Waals surface area contributed by atoms with Gasteiger partial charge in [0.2, 0.25) is 0 Å². The molecule has 4 nitrogen and oxygen atoms in total. The summed E-state index contributed by atoms with van der Waals surface area (Å²) < 4.78 is 0. The van der Waals surface area contributed by atoms with Crippen LogP contribution in [0.3, 0.4) is 0 Å². The van der Waals surface area contributed by atoms with Crippen LogP contribution in [0.2, 0.25) is 0 Å². The van der Waals surface area contributed by atoms with Gasteiger partial charge in [0.15, 0.2) is 0 Å². The van der Waals surface area contributed by atoms with Crippen molar-refractivity contribution in [1.82, 2.24) is 9.80 Å². The van der Waals surface area contributed by atoms with Gasteiger partial charge in [0, 0.05) is 25.7 Å². The second-order valence-corrected chi connectivity index (χ2v) is 4.76. The minimum Gasteiger partial charge on any atom is -0.392 e. The van der Waals surface area contributed by atoms with E-state index in [1.165, 1.54) is 0 Å². The van der Waals surface area contributed by atoms with Crippen LogP contribution in [0.15, 0.2) is 0 Å². The van der Waals surface area contributed by atoms with Gasteiger partial charge >= 0.3 is 0 Å². The molecule has 0 aromatic carbocycles. The Balaban J connectivity index is 4.20. The normalized spacial score (nSPS) is 18.2. The summed E-state index contributed by atoms with van der Waals surface area (Å²) in [6, 6.07) is 0.337. The molecule has 0 radical (unpaired) electrons. The Kier molecular flexibility index (Phi) is 7.09. The van der Waals surface area contributed by atoms with Crippen LogP contribution in [0, 0.1) is 0 Å². The van der Waals surface area contributed by atoms with Crippen LogP contribution >= 0.6 is 0 Å². The monoisotopic (exact) mass is 218 g/mol. The van der Waals surface area contributed by atoms with E-state index in [1.54, 1.807) is 13.8 Å². The fourth-order valence-electron chi connectivity index (χ4n) is 1.76. The van der Waals surface area contributed by atoms with Crippen LogP contribution in [0.5, 0.6) is 0 Å².